The van der Waals surface area contributed by atoms with Crippen LogP contribution in [0.25, 0.3) is 0 Å². The molecule has 2 amide bonds. The number of nitrogens with one attached hydrogen (secondary N) is 2. The fraction of sp³-hybridized carbons (Fsp3) is 0.308. The SMILES string of the molecule is Cc1nn(C)cc1CNC(=O)NC(C(=O)O)c1cccs1. The maximum Gasteiger partial charge on any atom is 0.331 e. The maximum absolute atomic E-state index is 11.8. The normalized spacial score (nSPS) is 11.9. The molecule has 0 aliphatic rings. The molecule has 2 aromatic rings. The average molecular weight is 308 g/mol. The van der Waals surface area contributed by atoms with Crippen molar-refractivity contribution in [2.24, 2.45) is 7.05 Å². The number of carbonyl (C=O) groups is 2. The van der Waals surface area contributed by atoms with Crippen molar-refractivity contribution in [1.82, 2.24) is 20.4 Å². The first-order chi connectivity index (χ1) is 9.97. The van der Waals surface area contributed by atoms with E-state index in [0.717, 1.165) is 11.3 Å². The molecule has 0 saturated carbocycles. The van der Waals surface area contributed by atoms with E-state index in [1.54, 1.807) is 29.2 Å². The summed E-state index contributed by atoms with van der Waals surface area (Å²) in [6.07, 6.45) is 1.81. The molecule has 0 aliphatic heterocycles. The quantitative estimate of drug-likeness (QED) is 0.778. The lowest BCUT2D eigenvalue weighted by atomic mass is 10.2. The third-order valence-corrected chi connectivity index (χ3v) is 3.84. The zero-order valence-electron chi connectivity index (χ0n) is 11.7. The molecule has 7 nitrogen and oxygen atoms in total. The van der Waals surface area contributed by atoms with Gasteiger partial charge in [0.25, 0.3) is 0 Å². The Balaban J connectivity index is 1.94. The number of hydrogen-bond acceptors (Lipinski definition) is 4. The van der Waals surface area contributed by atoms with Crippen molar-refractivity contribution in [1.29, 1.82) is 0 Å². The molecule has 2 aromatic heterocycles. The average Bonchev–Trinajstić information content (AvgIpc) is 3.03. The van der Waals surface area contributed by atoms with E-state index in [2.05, 4.69) is 15.7 Å². The van der Waals surface area contributed by atoms with Crippen molar-refractivity contribution >= 4 is 23.3 Å². The topological polar surface area (TPSA) is 96.3 Å². The van der Waals surface area contributed by atoms with Gasteiger partial charge in [0, 0.05) is 30.2 Å². The Kier molecular flexibility index (Phi) is 4.59. The summed E-state index contributed by atoms with van der Waals surface area (Å²) in [5, 5.41) is 20.2. The molecule has 0 saturated heterocycles. The summed E-state index contributed by atoms with van der Waals surface area (Å²) < 4.78 is 1.66. The highest BCUT2D eigenvalue weighted by Gasteiger charge is 2.22. The molecule has 0 fully saturated rings. The van der Waals surface area contributed by atoms with E-state index >= 15 is 0 Å². The van der Waals surface area contributed by atoms with E-state index in [4.69, 9.17) is 0 Å². The number of nitrogens with zero attached hydrogens (tertiary/aromatic N) is 2. The smallest absolute Gasteiger partial charge is 0.331 e. The summed E-state index contributed by atoms with van der Waals surface area (Å²) in [7, 11) is 1.80. The standard InChI is InChI=1S/C13H16N4O3S/c1-8-9(7-17(2)16-8)6-14-13(20)15-11(12(18)19)10-4-3-5-21-10/h3-5,7,11H,6H2,1-2H3,(H,18,19)(H2,14,15,20). The molecule has 1 atom stereocenters. The fourth-order valence-electron chi connectivity index (χ4n) is 1.89. The Morgan fingerprint density at radius 2 is 2.29 bits per heavy atom. The van der Waals surface area contributed by atoms with Crippen molar-refractivity contribution in [3.8, 4) is 0 Å². The first-order valence-electron chi connectivity index (χ1n) is 6.27. The Morgan fingerprint density at radius 3 is 2.81 bits per heavy atom. The summed E-state index contributed by atoms with van der Waals surface area (Å²) in [6.45, 7) is 2.14. The second kappa shape index (κ2) is 6.40. The predicted octanol–water partition coefficient (Wildman–Crippen LogP) is 1.42. The van der Waals surface area contributed by atoms with Crippen LogP contribution in [0.5, 0.6) is 0 Å². The first-order valence-corrected chi connectivity index (χ1v) is 7.15. The monoisotopic (exact) mass is 308 g/mol. The van der Waals surface area contributed by atoms with E-state index in [9.17, 15) is 14.7 Å². The van der Waals surface area contributed by atoms with Gasteiger partial charge in [-0.05, 0) is 18.4 Å². The molecule has 0 aromatic carbocycles. The van der Waals surface area contributed by atoms with Gasteiger partial charge in [-0.1, -0.05) is 6.07 Å². The second-order valence-corrected chi connectivity index (χ2v) is 5.51. The van der Waals surface area contributed by atoms with Crippen molar-refractivity contribution < 1.29 is 14.7 Å². The molecule has 3 N–H and O–H groups in total. The second-order valence-electron chi connectivity index (χ2n) is 4.53. The van der Waals surface area contributed by atoms with E-state index in [-0.39, 0.29) is 0 Å². The van der Waals surface area contributed by atoms with Crippen LogP contribution >= 0.6 is 11.3 Å². The highest BCUT2D eigenvalue weighted by molar-refractivity contribution is 7.10. The van der Waals surface area contributed by atoms with Gasteiger partial charge in [0.2, 0.25) is 0 Å². The summed E-state index contributed by atoms with van der Waals surface area (Å²) >= 11 is 1.28. The van der Waals surface area contributed by atoms with Crippen LogP contribution in [-0.4, -0.2) is 26.9 Å². The predicted molar refractivity (Wildman–Crippen MR) is 78.0 cm³/mol. The van der Waals surface area contributed by atoms with Gasteiger partial charge in [-0.25, -0.2) is 9.59 Å². The van der Waals surface area contributed by atoms with Gasteiger partial charge in [-0.15, -0.1) is 11.3 Å². The molecule has 0 aliphatic carbocycles. The lowest BCUT2D eigenvalue weighted by molar-refractivity contribution is -0.139. The number of aliphatic carboxylic acids is 1. The van der Waals surface area contributed by atoms with Crippen LogP contribution in [0.4, 0.5) is 4.79 Å². The van der Waals surface area contributed by atoms with Gasteiger partial charge >= 0.3 is 12.0 Å². The molecular formula is C13H16N4O3S. The number of aryl methyl sites for hydroxylation is 2. The number of thiophene rings is 1. The van der Waals surface area contributed by atoms with Crippen LogP contribution in [0.3, 0.4) is 0 Å². The van der Waals surface area contributed by atoms with Gasteiger partial charge in [-0.3, -0.25) is 4.68 Å². The minimum absolute atomic E-state index is 0.294. The third kappa shape index (κ3) is 3.82. The number of carboxylic acid groups (broad SMARTS) is 1. The Bertz CT molecular complexity index is 636. The van der Waals surface area contributed by atoms with Gasteiger partial charge in [0.05, 0.1) is 5.69 Å². The fourth-order valence-corrected chi connectivity index (χ4v) is 2.66. The number of carbonyl (C=O) groups excluding carboxylic acids is 1. The molecule has 21 heavy (non-hydrogen) atoms. The third-order valence-electron chi connectivity index (χ3n) is 2.90. The van der Waals surface area contributed by atoms with E-state index in [0.29, 0.717) is 11.4 Å². The van der Waals surface area contributed by atoms with Crippen LogP contribution in [0.1, 0.15) is 22.2 Å². The highest BCUT2D eigenvalue weighted by Crippen LogP contribution is 2.19. The molecule has 0 spiro atoms. The van der Waals surface area contributed by atoms with E-state index in [1.165, 1.54) is 11.3 Å². The zero-order valence-corrected chi connectivity index (χ0v) is 12.5. The molecule has 0 bridgehead atoms. The largest absolute Gasteiger partial charge is 0.479 e. The number of rotatable bonds is 5. The molecule has 1 unspecified atom stereocenters. The molecule has 2 rings (SSSR count). The number of amides is 2. The Labute approximate surface area is 125 Å². The number of urea groups is 1. The maximum atomic E-state index is 11.8. The summed E-state index contributed by atoms with van der Waals surface area (Å²) in [4.78, 5) is 23.6. The van der Waals surface area contributed by atoms with Gasteiger partial charge in [0.1, 0.15) is 0 Å². The lowest BCUT2D eigenvalue weighted by Gasteiger charge is -2.13. The highest BCUT2D eigenvalue weighted by atomic mass is 32.1. The molecule has 112 valence electrons. The minimum Gasteiger partial charge on any atom is -0.479 e. The summed E-state index contributed by atoms with van der Waals surface area (Å²) in [6, 6.07) is 1.85. The van der Waals surface area contributed by atoms with Crippen molar-refractivity contribution in [2.75, 3.05) is 0 Å². The van der Waals surface area contributed by atoms with Crippen molar-refractivity contribution in [3.05, 3.63) is 39.8 Å². The van der Waals surface area contributed by atoms with Crippen LogP contribution < -0.4 is 10.6 Å². The van der Waals surface area contributed by atoms with Crippen LogP contribution in [0.2, 0.25) is 0 Å². The van der Waals surface area contributed by atoms with Gasteiger partial charge in [-0.2, -0.15) is 5.10 Å². The van der Waals surface area contributed by atoms with Crippen molar-refractivity contribution in [3.63, 3.8) is 0 Å². The van der Waals surface area contributed by atoms with Crippen LogP contribution in [0, 0.1) is 6.92 Å². The lowest BCUT2D eigenvalue weighted by Crippen LogP contribution is -2.40. The van der Waals surface area contributed by atoms with Gasteiger partial charge in [0.15, 0.2) is 6.04 Å². The Hall–Kier alpha value is -2.35. The van der Waals surface area contributed by atoms with E-state index in [1.807, 2.05) is 13.1 Å². The summed E-state index contributed by atoms with van der Waals surface area (Å²) in [5.41, 5.74) is 1.71. The van der Waals surface area contributed by atoms with Crippen LogP contribution in [0.15, 0.2) is 23.7 Å². The van der Waals surface area contributed by atoms with Gasteiger partial charge < -0.3 is 15.7 Å². The van der Waals surface area contributed by atoms with Crippen molar-refractivity contribution in [2.45, 2.75) is 19.5 Å². The molecule has 2 heterocycles. The van der Waals surface area contributed by atoms with Crippen LogP contribution in [-0.2, 0) is 18.4 Å². The molecule has 0 radical (unpaired) electrons. The number of hydrogen-bond donors (Lipinski definition) is 3. The Morgan fingerprint density at radius 1 is 1.52 bits per heavy atom. The molecule has 8 heteroatoms. The zero-order chi connectivity index (χ0) is 15.4. The van der Waals surface area contributed by atoms with E-state index < -0.39 is 18.0 Å². The molecular weight excluding hydrogens is 292 g/mol. The summed E-state index contributed by atoms with van der Waals surface area (Å²) in [5.74, 6) is -1.09. The number of aromatic nitrogens is 2. The first kappa shape index (κ1) is 15.0. The number of carboxylic acids is 1. The minimum atomic E-state index is -1.09.